The summed E-state index contributed by atoms with van der Waals surface area (Å²) in [5.41, 5.74) is 0. The fourth-order valence-corrected chi connectivity index (χ4v) is 3.70. The maximum atomic E-state index is 3.37. The largest absolute Gasteiger partial charge is 0.319 e. The molecule has 0 saturated heterocycles. The molecule has 0 heterocycles. The van der Waals surface area contributed by atoms with Crippen LogP contribution in [0.25, 0.3) is 0 Å². The molecule has 0 amide bonds. The van der Waals surface area contributed by atoms with E-state index in [9.17, 15) is 0 Å². The molecule has 0 bridgehead atoms. The molecule has 2 fully saturated rings. The van der Waals surface area contributed by atoms with E-state index < -0.39 is 0 Å². The smallest absolute Gasteiger partial charge is 0.0139 e. The van der Waals surface area contributed by atoms with Gasteiger partial charge in [0.25, 0.3) is 0 Å². The first-order chi connectivity index (χ1) is 8.22. The number of nitrogens with one attached hydrogen (secondary N) is 1. The molecule has 2 unspecified atom stereocenters. The standard InChI is InChI=1S/C15H30N2/c1-12(2)11-17(14-6-4-5-7-14)15-9-8-13(15)10-16-3/h12-16H,4-11H2,1-3H3. The number of nitrogens with zero attached hydrogens (tertiary/aromatic N) is 1. The predicted octanol–water partition coefficient (Wildman–Crippen LogP) is 2.89. The average molecular weight is 238 g/mol. The summed E-state index contributed by atoms with van der Waals surface area (Å²) >= 11 is 0. The molecule has 2 aliphatic rings. The zero-order valence-electron chi connectivity index (χ0n) is 11.9. The number of hydrogen-bond donors (Lipinski definition) is 1. The van der Waals surface area contributed by atoms with E-state index in [4.69, 9.17) is 0 Å². The maximum absolute atomic E-state index is 3.37. The van der Waals surface area contributed by atoms with Crippen LogP contribution in [0.2, 0.25) is 0 Å². The van der Waals surface area contributed by atoms with Crippen LogP contribution in [-0.2, 0) is 0 Å². The molecule has 2 heteroatoms. The minimum atomic E-state index is 0.812. The average Bonchev–Trinajstić information content (AvgIpc) is 2.76. The Morgan fingerprint density at radius 3 is 2.29 bits per heavy atom. The van der Waals surface area contributed by atoms with E-state index in [1.54, 1.807) is 0 Å². The van der Waals surface area contributed by atoms with Gasteiger partial charge in [-0.05, 0) is 51.1 Å². The molecule has 17 heavy (non-hydrogen) atoms. The summed E-state index contributed by atoms with van der Waals surface area (Å²) in [5, 5.41) is 3.37. The lowest BCUT2D eigenvalue weighted by Gasteiger charge is -2.48. The molecule has 0 radical (unpaired) electrons. The molecular formula is C15H30N2. The molecule has 0 aliphatic heterocycles. The van der Waals surface area contributed by atoms with Crippen LogP contribution in [0.15, 0.2) is 0 Å². The first-order valence-electron chi connectivity index (χ1n) is 7.62. The highest BCUT2D eigenvalue weighted by Crippen LogP contribution is 2.37. The van der Waals surface area contributed by atoms with E-state index in [2.05, 4.69) is 31.1 Å². The van der Waals surface area contributed by atoms with E-state index in [1.165, 1.54) is 51.6 Å². The first-order valence-corrected chi connectivity index (χ1v) is 7.62. The molecule has 2 atom stereocenters. The van der Waals surface area contributed by atoms with Crippen molar-refractivity contribution in [3.8, 4) is 0 Å². The van der Waals surface area contributed by atoms with E-state index in [1.807, 2.05) is 0 Å². The molecule has 0 aromatic carbocycles. The van der Waals surface area contributed by atoms with Crippen LogP contribution in [0.4, 0.5) is 0 Å². The Morgan fingerprint density at radius 2 is 1.82 bits per heavy atom. The van der Waals surface area contributed by atoms with Crippen LogP contribution < -0.4 is 5.32 Å². The van der Waals surface area contributed by atoms with Gasteiger partial charge in [0.2, 0.25) is 0 Å². The van der Waals surface area contributed by atoms with Crippen LogP contribution in [0, 0.1) is 11.8 Å². The third kappa shape index (κ3) is 3.23. The second kappa shape index (κ2) is 6.19. The van der Waals surface area contributed by atoms with Crippen molar-refractivity contribution in [1.82, 2.24) is 10.2 Å². The van der Waals surface area contributed by atoms with Gasteiger partial charge in [0.15, 0.2) is 0 Å². The van der Waals surface area contributed by atoms with Crippen molar-refractivity contribution in [3.05, 3.63) is 0 Å². The highest BCUT2D eigenvalue weighted by molar-refractivity contribution is 4.94. The normalized spacial score (nSPS) is 30.2. The lowest BCUT2D eigenvalue weighted by molar-refractivity contribution is 0.0207. The Kier molecular flexibility index (Phi) is 4.87. The van der Waals surface area contributed by atoms with E-state index >= 15 is 0 Å². The summed E-state index contributed by atoms with van der Waals surface area (Å²) in [7, 11) is 2.09. The fourth-order valence-electron chi connectivity index (χ4n) is 3.70. The van der Waals surface area contributed by atoms with Crippen LogP contribution >= 0.6 is 0 Å². The number of hydrogen-bond acceptors (Lipinski definition) is 2. The molecule has 1 N–H and O–H groups in total. The first kappa shape index (κ1) is 13.4. The van der Waals surface area contributed by atoms with Crippen molar-refractivity contribution in [1.29, 1.82) is 0 Å². The topological polar surface area (TPSA) is 15.3 Å². The Bertz CT molecular complexity index is 221. The van der Waals surface area contributed by atoms with Gasteiger partial charge in [-0.3, -0.25) is 4.90 Å². The Hall–Kier alpha value is -0.0800. The van der Waals surface area contributed by atoms with Gasteiger partial charge in [-0.15, -0.1) is 0 Å². The third-order valence-electron chi connectivity index (χ3n) is 4.64. The van der Waals surface area contributed by atoms with Crippen molar-refractivity contribution in [2.45, 2.75) is 64.5 Å². The monoisotopic (exact) mass is 238 g/mol. The van der Waals surface area contributed by atoms with E-state index in [0.717, 1.165) is 23.9 Å². The molecule has 2 nitrogen and oxygen atoms in total. The highest BCUT2D eigenvalue weighted by Gasteiger charge is 2.38. The van der Waals surface area contributed by atoms with Gasteiger partial charge in [-0.25, -0.2) is 0 Å². The SMILES string of the molecule is CNCC1CCC1N(CC(C)C)C1CCCC1. The van der Waals surface area contributed by atoms with Crippen molar-refractivity contribution in [3.63, 3.8) is 0 Å². The summed E-state index contributed by atoms with van der Waals surface area (Å²) in [4.78, 5) is 2.88. The molecule has 2 saturated carbocycles. The lowest BCUT2D eigenvalue weighted by atomic mass is 9.77. The van der Waals surface area contributed by atoms with E-state index in [0.29, 0.717) is 0 Å². The molecule has 0 aromatic rings. The van der Waals surface area contributed by atoms with Gasteiger partial charge >= 0.3 is 0 Å². The summed E-state index contributed by atoms with van der Waals surface area (Å²) < 4.78 is 0. The van der Waals surface area contributed by atoms with Gasteiger partial charge in [-0.1, -0.05) is 26.7 Å². The van der Waals surface area contributed by atoms with E-state index in [-0.39, 0.29) is 0 Å². The predicted molar refractivity (Wildman–Crippen MR) is 74.2 cm³/mol. The van der Waals surface area contributed by atoms with Crippen LogP contribution in [0.3, 0.4) is 0 Å². The van der Waals surface area contributed by atoms with Crippen molar-refractivity contribution in [2.75, 3.05) is 20.1 Å². The van der Waals surface area contributed by atoms with Gasteiger partial charge < -0.3 is 5.32 Å². The molecule has 0 spiro atoms. The molecule has 100 valence electrons. The van der Waals surface area contributed by atoms with Gasteiger partial charge in [0.1, 0.15) is 0 Å². The van der Waals surface area contributed by atoms with Crippen LogP contribution in [0.1, 0.15) is 52.4 Å². The van der Waals surface area contributed by atoms with Crippen molar-refractivity contribution in [2.24, 2.45) is 11.8 Å². The van der Waals surface area contributed by atoms with Crippen molar-refractivity contribution >= 4 is 0 Å². The Morgan fingerprint density at radius 1 is 1.12 bits per heavy atom. The maximum Gasteiger partial charge on any atom is 0.0139 e. The Balaban J connectivity index is 1.94. The second-order valence-electron chi connectivity index (χ2n) is 6.49. The summed E-state index contributed by atoms with van der Waals surface area (Å²) in [5.74, 6) is 1.73. The summed E-state index contributed by atoms with van der Waals surface area (Å²) in [6.45, 7) is 7.27. The second-order valence-corrected chi connectivity index (χ2v) is 6.49. The quantitative estimate of drug-likeness (QED) is 0.765. The molecular weight excluding hydrogens is 208 g/mol. The molecule has 0 aromatic heterocycles. The van der Waals surface area contributed by atoms with Crippen LogP contribution in [0.5, 0.6) is 0 Å². The van der Waals surface area contributed by atoms with Gasteiger partial charge in [0, 0.05) is 18.6 Å². The van der Waals surface area contributed by atoms with Crippen LogP contribution in [-0.4, -0.2) is 37.1 Å². The van der Waals surface area contributed by atoms with Crippen molar-refractivity contribution < 1.29 is 0 Å². The highest BCUT2D eigenvalue weighted by atomic mass is 15.2. The lowest BCUT2D eigenvalue weighted by Crippen LogP contribution is -2.54. The zero-order chi connectivity index (χ0) is 12.3. The molecule has 2 aliphatic carbocycles. The Labute approximate surface area is 107 Å². The summed E-state index contributed by atoms with van der Waals surface area (Å²) in [6.07, 6.45) is 8.71. The van der Waals surface area contributed by atoms with Gasteiger partial charge in [-0.2, -0.15) is 0 Å². The zero-order valence-corrected chi connectivity index (χ0v) is 11.9. The minimum absolute atomic E-state index is 0.812. The summed E-state index contributed by atoms with van der Waals surface area (Å²) in [6, 6.07) is 1.79. The fraction of sp³-hybridized carbons (Fsp3) is 1.00. The third-order valence-corrected chi connectivity index (χ3v) is 4.64. The number of rotatable bonds is 6. The minimum Gasteiger partial charge on any atom is -0.319 e. The molecule has 2 rings (SSSR count). The van der Waals surface area contributed by atoms with Gasteiger partial charge in [0.05, 0.1) is 0 Å².